The summed E-state index contributed by atoms with van der Waals surface area (Å²) in [6, 6.07) is -5.72. The zero-order valence-electron chi connectivity index (χ0n) is 51.5. The molecule has 1 rings (SSSR count). The molecule has 8 amide bonds. The number of amides is 8. The van der Waals surface area contributed by atoms with Gasteiger partial charge in [0.2, 0.25) is 47.3 Å². The number of phenolic OH excluding ortho intramolecular Hbond substituents is 1. The van der Waals surface area contributed by atoms with Crippen molar-refractivity contribution in [2.24, 2.45) is 84.3 Å². The molecule has 87 heavy (non-hydrogen) atoms. The highest BCUT2D eigenvalue weighted by Gasteiger charge is 2.36. The van der Waals surface area contributed by atoms with Gasteiger partial charge in [-0.25, -0.2) is 4.79 Å². The third-order valence-corrected chi connectivity index (χ3v) is 13.5. The summed E-state index contributed by atoms with van der Waals surface area (Å²) in [4.78, 5) is 138. The molecule has 9 atom stereocenters. The normalized spacial score (nSPS) is 14.3. The fourth-order valence-corrected chi connectivity index (χ4v) is 8.88. The van der Waals surface area contributed by atoms with E-state index < -0.39 is 114 Å². The molecule has 0 unspecified atom stereocenters. The van der Waals surface area contributed by atoms with E-state index in [1.807, 2.05) is 0 Å². The van der Waals surface area contributed by atoms with Crippen molar-refractivity contribution in [1.82, 2.24) is 42.5 Å². The van der Waals surface area contributed by atoms with Crippen molar-refractivity contribution in [2.45, 2.75) is 192 Å². The summed E-state index contributed by atoms with van der Waals surface area (Å²) in [5.74, 6) is -9.21. The highest BCUT2D eigenvalue weighted by Crippen LogP contribution is 2.16. The summed E-state index contributed by atoms with van der Waals surface area (Å²) in [5, 5.41) is 41.3. The minimum Gasteiger partial charge on any atom is -0.508 e. The van der Waals surface area contributed by atoms with Gasteiger partial charge in [0.25, 0.3) is 0 Å². The van der Waals surface area contributed by atoms with E-state index in [2.05, 4.69) is 57.5 Å². The molecule has 0 aliphatic rings. The van der Waals surface area contributed by atoms with Crippen LogP contribution in [0.3, 0.4) is 0 Å². The van der Waals surface area contributed by atoms with Gasteiger partial charge in [0.1, 0.15) is 54.1 Å². The Morgan fingerprint density at radius 3 is 1.15 bits per heavy atom. The van der Waals surface area contributed by atoms with Crippen LogP contribution in [-0.2, 0) is 49.6 Å². The number of carbonyl (C=O) groups excluding carboxylic acids is 8. The topological polar surface area (TPSA) is 562 Å². The lowest BCUT2D eigenvalue weighted by atomic mass is 9.99. The second-order valence-electron chi connectivity index (χ2n) is 22.6. The molecular weight excluding hydrogens is 1130 g/mol. The van der Waals surface area contributed by atoms with E-state index in [-0.39, 0.29) is 126 Å². The van der Waals surface area contributed by atoms with Crippen molar-refractivity contribution >= 4 is 71.1 Å². The van der Waals surface area contributed by atoms with E-state index in [4.69, 9.17) is 51.6 Å². The van der Waals surface area contributed by atoms with Crippen molar-refractivity contribution in [2.75, 3.05) is 32.7 Å². The maximum absolute atomic E-state index is 14.5. The summed E-state index contributed by atoms with van der Waals surface area (Å²) >= 11 is 0. The minimum atomic E-state index is -1.38. The molecule has 1 aromatic carbocycles. The molecule has 492 valence electrons. The maximum atomic E-state index is 14.5. The molecule has 0 saturated heterocycles. The first-order chi connectivity index (χ1) is 41.0. The summed E-state index contributed by atoms with van der Waals surface area (Å²) in [5.41, 5.74) is 51.4. The highest BCUT2D eigenvalue weighted by atomic mass is 16.4. The fraction of sp³-hybridized carbons (Fsp3) is 0.679. The minimum absolute atomic E-state index is 0.0228. The molecule has 28 N–H and O–H groups in total. The zero-order valence-corrected chi connectivity index (χ0v) is 51.5. The van der Waals surface area contributed by atoms with Crippen LogP contribution in [0.1, 0.15) is 137 Å². The number of aliphatic imine (C=N–C) groups is 3. The number of aromatic hydroxyl groups is 1. The number of unbranched alkanes of at least 4 members (excludes halogenated alkanes) is 2. The third kappa shape index (κ3) is 32.9. The van der Waals surface area contributed by atoms with Gasteiger partial charge in [-0.3, -0.25) is 53.3 Å². The van der Waals surface area contributed by atoms with E-state index in [0.29, 0.717) is 44.2 Å². The van der Waals surface area contributed by atoms with Crippen LogP contribution in [0.25, 0.3) is 0 Å². The Hall–Kier alpha value is -8.06. The summed E-state index contributed by atoms with van der Waals surface area (Å²) < 4.78 is 0. The number of hydrogen-bond donors (Lipinski definition) is 19. The van der Waals surface area contributed by atoms with E-state index in [0.717, 1.165) is 0 Å². The van der Waals surface area contributed by atoms with Crippen molar-refractivity contribution in [3.8, 4) is 5.75 Å². The molecule has 31 nitrogen and oxygen atoms in total. The first-order valence-corrected chi connectivity index (χ1v) is 29.7. The quantitative estimate of drug-likeness (QED) is 0.0170. The van der Waals surface area contributed by atoms with Gasteiger partial charge in [-0.05, 0) is 132 Å². The smallest absolute Gasteiger partial charge is 0.326 e. The number of guanidine groups is 3. The predicted octanol–water partition coefficient (Wildman–Crippen LogP) is -3.61. The van der Waals surface area contributed by atoms with Crippen LogP contribution in [0.2, 0.25) is 0 Å². The Morgan fingerprint density at radius 2 is 0.759 bits per heavy atom. The average molecular weight is 1230 g/mol. The van der Waals surface area contributed by atoms with Gasteiger partial charge in [-0.15, -0.1) is 0 Å². The Morgan fingerprint density at radius 1 is 0.425 bits per heavy atom. The molecule has 1 aromatic rings. The van der Waals surface area contributed by atoms with Crippen LogP contribution >= 0.6 is 0 Å². The van der Waals surface area contributed by atoms with E-state index in [9.17, 15) is 53.4 Å². The molecule has 0 radical (unpaired) electrons. The van der Waals surface area contributed by atoms with E-state index in [1.165, 1.54) is 24.3 Å². The first kappa shape index (κ1) is 77.0. The number of benzene rings is 1. The van der Waals surface area contributed by atoms with Crippen LogP contribution < -0.4 is 94.1 Å². The Balaban J connectivity index is 3.70. The molecule has 0 saturated carbocycles. The zero-order chi connectivity index (χ0) is 65.8. The van der Waals surface area contributed by atoms with Gasteiger partial charge < -0.3 is 104 Å². The van der Waals surface area contributed by atoms with Gasteiger partial charge in [-0.2, -0.15) is 0 Å². The molecule has 0 fully saturated rings. The van der Waals surface area contributed by atoms with E-state index in [1.54, 1.807) is 41.5 Å². The van der Waals surface area contributed by atoms with Crippen LogP contribution in [-0.4, -0.2) is 168 Å². The Bertz CT molecular complexity index is 2410. The second kappa shape index (κ2) is 41.9. The standard InChI is InChI=1S/C56H102N20O11/c1-31(2)28-41(73-48(81)37(15-8-10-24-58)70-47(80)39(17-12-26-67-55(62)63)71-46(79)38(16-11-25-66-54(60)61)69-45(78)36(59)14-7-9-23-57)50(83)72-40(18-13-27-68-56(64)65)49(82)76-44(33(5)6)52(85)74-42(30-34-19-21-35(77)22-20-34)51(84)75-43(53(86)87)29-32(3)4/h19-22,31-33,36-44,77H,7-18,23-30,57-59H2,1-6H3,(H,69,78)(H,70,80)(H,71,79)(H,72,83)(H,73,81)(H,74,85)(H,75,84)(H,76,82)(H,86,87)(H4,60,61,66)(H4,62,63,67)(H4,64,65,68)/t36-,37-,38-,39-,40-,41-,42-,43-,44-/m0/s1. The number of nitrogens with one attached hydrogen (secondary N) is 8. The third-order valence-electron chi connectivity index (χ3n) is 13.5. The van der Waals surface area contributed by atoms with Gasteiger partial charge in [0, 0.05) is 26.1 Å². The first-order valence-electron chi connectivity index (χ1n) is 29.7. The molecule has 0 spiro atoms. The van der Waals surface area contributed by atoms with Crippen LogP contribution in [0.5, 0.6) is 5.75 Å². The largest absolute Gasteiger partial charge is 0.508 e. The molecule has 0 aliphatic heterocycles. The number of nitrogens with two attached hydrogens (primary N) is 9. The Labute approximate surface area is 510 Å². The molecule has 31 heteroatoms. The van der Waals surface area contributed by atoms with Gasteiger partial charge >= 0.3 is 5.97 Å². The van der Waals surface area contributed by atoms with Crippen molar-refractivity contribution in [3.05, 3.63) is 29.8 Å². The van der Waals surface area contributed by atoms with Crippen LogP contribution in [0.4, 0.5) is 0 Å². The van der Waals surface area contributed by atoms with Gasteiger partial charge in [0.15, 0.2) is 17.9 Å². The summed E-state index contributed by atoms with van der Waals surface area (Å²) in [7, 11) is 0. The average Bonchev–Trinajstić information content (AvgIpc) is 3.19. The number of nitrogens with zero attached hydrogens (tertiary/aromatic N) is 3. The number of carboxylic acids is 1. The number of rotatable bonds is 44. The fourth-order valence-electron chi connectivity index (χ4n) is 8.88. The van der Waals surface area contributed by atoms with Crippen molar-refractivity contribution < 1.29 is 53.4 Å². The van der Waals surface area contributed by atoms with E-state index >= 15 is 0 Å². The number of carboxylic acid groups (broad SMARTS) is 1. The molecule has 0 aromatic heterocycles. The van der Waals surface area contributed by atoms with Gasteiger partial charge in [-0.1, -0.05) is 60.1 Å². The van der Waals surface area contributed by atoms with Crippen molar-refractivity contribution in [1.29, 1.82) is 0 Å². The molecular formula is C56H102N20O11. The monoisotopic (exact) mass is 1230 g/mol. The predicted molar refractivity (Wildman–Crippen MR) is 332 cm³/mol. The second-order valence-corrected chi connectivity index (χ2v) is 22.6. The lowest BCUT2D eigenvalue weighted by molar-refractivity contribution is -0.143. The molecule has 0 aliphatic carbocycles. The lowest BCUT2D eigenvalue weighted by Gasteiger charge is -2.29. The van der Waals surface area contributed by atoms with Gasteiger partial charge in [0.05, 0.1) is 6.04 Å². The number of aliphatic carboxylic acids is 1. The van der Waals surface area contributed by atoms with Crippen LogP contribution in [0, 0.1) is 17.8 Å². The number of hydrogen-bond acceptors (Lipinski definition) is 16. The molecule has 0 bridgehead atoms. The number of carbonyl (C=O) groups is 9. The SMILES string of the molecule is CC(C)C[C@H](NC(=O)[C@H](Cc1ccc(O)cc1)NC(=O)[C@@H](NC(=O)[C@H](CCCN=C(N)N)NC(=O)[C@H](CC(C)C)NC(=O)[C@H](CCCCN)NC(=O)[C@H](CCCN=C(N)N)NC(=O)[C@H](CCCN=C(N)N)NC(=O)[C@@H](N)CCCCN)C(C)C)C(=O)O. The maximum Gasteiger partial charge on any atom is 0.326 e. The lowest BCUT2D eigenvalue weighted by Crippen LogP contribution is -2.61. The molecule has 0 heterocycles. The van der Waals surface area contributed by atoms with Crippen molar-refractivity contribution in [3.63, 3.8) is 0 Å². The summed E-state index contributed by atoms with van der Waals surface area (Å²) in [6.45, 7) is 11.3. The number of phenols is 1. The highest BCUT2D eigenvalue weighted by molar-refractivity contribution is 5.98. The van der Waals surface area contributed by atoms with Crippen LogP contribution in [0.15, 0.2) is 39.2 Å². The Kier molecular flexibility index (Phi) is 37.1. The summed E-state index contributed by atoms with van der Waals surface area (Å²) in [6.07, 6.45) is 2.68.